The minimum absolute atomic E-state index is 0.141. The van der Waals surface area contributed by atoms with Crippen LogP contribution in [0.4, 0.5) is 14.5 Å². The van der Waals surface area contributed by atoms with Gasteiger partial charge in [0.2, 0.25) is 0 Å². The summed E-state index contributed by atoms with van der Waals surface area (Å²) < 4.78 is 30.6. The molecule has 0 saturated heterocycles. The van der Waals surface area contributed by atoms with Gasteiger partial charge in [0.1, 0.15) is 5.75 Å². The molecule has 2 rings (SSSR count). The highest BCUT2D eigenvalue weighted by Gasteiger charge is 2.05. The van der Waals surface area contributed by atoms with Crippen molar-refractivity contribution < 1.29 is 13.5 Å². The van der Waals surface area contributed by atoms with Crippen LogP contribution in [0.5, 0.6) is 5.75 Å². The normalized spacial score (nSPS) is 10.7. The second kappa shape index (κ2) is 7.04. The Labute approximate surface area is 132 Å². The molecule has 0 heterocycles. The van der Waals surface area contributed by atoms with Gasteiger partial charge in [0.05, 0.1) is 0 Å². The van der Waals surface area contributed by atoms with Gasteiger partial charge in [-0.1, -0.05) is 12.1 Å². The highest BCUT2D eigenvalue weighted by Crippen LogP contribution is 2.25. The molecule has 0 fully saturated rings. The van der Waals surface area contributed by atoms with Gasteiger partial charge in [-0.2, -0.15) is 8.78 Å². The molecule has 0 aliphatic carbocycles. The van der Waals surface area contributed by atoms with Crippen LogP contribution in [-0.2, 0) is 6.54 Å². The number of rotatable bonds is 5. The number of anilines is 1. The first-order valence-electron chi connectivity index (χ1n) is 5.77. The fourth-order valence-corrected chi connectivity index (χ4v) is 2.31. The average molecular weight is 407 g/mol. The number of benzene rings is 2. The molecule has 0 aliphatic heterocycles. The summed E-state index contributed by atoms with van der Waals surface area (Å²) >= 11 is 6.84. The number of nitrogens with one attached hydrogen (secondary N) is 1. The van der Waals surface area contributed by atoms with Crippen molar-refractivity contribution in [3.8, 4) is 5.75 Å². The Bertz CT molecular complexity index is 593. The molecule has 0 spiro atoms. The predicted molar refractivity (Wildman–Crippen MR) is 82.2 cm³/mol. The zero-order valence-corrected chi connectivity index (χ0v) is 13.4. The van der Waals surface area contributed by atoms with Crippen LogP contribution in [0.2, 0.25) is 0 Å². The van der Waals surface area contributed by atoms with E-state index >= 15 is 0 Å². The van der Waals surface area contributed by atoms with Gasteiger partial charge in [-0.3, -0.25) is 0 Å². The summed E-state index contributed by atoms with van der Waals surface area (Å²) in [4.78, 5) is 0. The van der Waals surface area contributed by atoms with Crippen molar-refractivity contribution in [2.75, 3.05) is 5.32 Å². The van der Waals surface area contributed by atoms with Crippen molar-refractivity contribution in [1.29, 1.82) is 0 Å². The van der Waals surface area contributed by atoms with E-state index in [0.29, 0.717) is 6.54 Å². The number of ether oxygens (including phenoxy) is 1. The molecular formula is C14H11Br2F2NO. The maximum absolute atomic E-state index is 12.1. The number of hydrogen-bond acceptors (Lipinski definition) is 2. The molecule has 0 saturated carbocycles. The zero-order valence-electron chi connectivity index (χ0n) is 10.2. The van der Waals surface area contributed by atoms with Crippen molar-refractivity contribution in [2.45, 2.75) is 13.2 Å². The van der Waals surface area contributed by atoms with Gasteiger partial charge < -0.3 is 10.1 Å². The Morgan fingerprint density at radius 2 is 1.85 bits per heavy atom. The van der Waals surface area contributed by atoms with E-state index in [4.69, 9.17) is 0 Å². The molecule has 2 aromatic rings. The van der Waals surface area contributed by atoms with E-state index in [0.717, 1.165) is 20.2 Å². The Balaban J connectivity index is 2.01. The van der Waals surface area contributed by atoms with Crippen LogP contribution in [0, 0.1) is 0 Å². The molecule has 106 valence electrons. The van der Waals surface area contributed by atoms with Crippen LogP contribution in [0.3, 0.4) is 0 Å². The molecule has 0 aliphatic rings. The lowest BCUT2D eigenvalue weighted by Crippen LogP contribution is -2.03. The average Bonchev–Trinajstić information content (AvgIpc) is 2.40. The van der Waals surface area contributed by atoms with Crippen molar-refractivity contribution >= 4 is 37.5 Å². The molecule has 2 aromatic carbocycles. The first kappa shape index (κ1) is 15.3. The predicted octanol–water partition coefficient (Wildman–Crippen LogP) is 5.43. The molecule has 0 amide bonds. The van der Waals surface area contributed by atoms with Crippen LogP contribution >= 0.6 is 31.9 Å². The van der Waals surface area contributed by atoms with E-state index in [9.17, 15) is 8.78 Å². The third-order valence-corrected chi connectivity index (χ3v) is 4.42. The fraction of sp³-hybridized carbons (Fsp3) is 0.143. The topological polar surface area (TPSA) is 21.3 Å². The monoisotopic (exact) mass is 405 g/mol. The molecule has 0 atom stereocenters. The molecule has 2 nitrogen and oxygen atoms in total. The van der Waals surface area contributed by atoms with E-state index in [1.165, 1.54) is 6.07 Å². The Morgan fingerprint density at radius 3 is 2.55 bits per heavy atom. The van der Waals surface area contributed by atoms with Crippen LogP contribution in [0.25, 0.3) is 0 Å². The third kappa shape index (κ3) is 4.45. The van der Waals surface area contributed by atoms with Crippen LogP contribution < -0.4 is 10.1 Å². The van der Waals surface area contributed by atoms with Crippen LogP contribution in [0.1, 0.15) is 5.56 Å². The standard InChI is InChI=1S/C14H11Br2F2NO/c15-12-5-4-9(6-13(12)16)8-19-10-2-1-3-11(7-10)20-14(17)18/h1-7,14,19H,8H2. The molecule has 0 bridgehead atoms. The van der Waals surface area contributed by atoms with Crippen LogP contribution in [-0.4, -0.2) is 6.61 Å². The van der Waals surface area contributed by atoms with Gasteiger partial charge in [0.25, 0.3) is 0 Å². The van der Waals surface area contributed by atoms with E-state index in [1.54, 1.807) is 18.2 Å². The van der Waals surface area contributed by atoms with E-state index in [-0.39, 0.29) is 5.75 Å². The van der Waals surface area contributed by atoms with E-state index in [1.807, 2.05) is 18.2 Å². The van der Waals surface area contributed by atoms with Gasteiger partial charge in [0.15, 0.2) is 0 Å². The molecular weight excluding hydrogens is 396 g/mol. The lowest BCUT2D eigenvalue weighted by atomic mass is 10.2. The minimum atomic E-state index is -2.81. The van der Waals surface area contributed by atoms with Gasteiger partial charge in [-0.15, -0.1) is 0 Å². The maximum atomic E-state index is 12.1. The highest BCUT2D eigenvalue weighted by atomic mass is 79.9. The van der Waals surface area contributed by atoms with Crippen molar-refractivity contribution in [3.05, 3.63) is 57.0 Å². The summed E-state index contributed by atoms with van der Waals surface area (Å²) in [5.41, 5.74) is 1.79. The molecule has 0 aromatic heterocycles. The zero-order chi connectivity index (χ0) is 14.5. The first-order valence-corrected chi connectivity index (χ1v) is 7.36. The van der Waals surface area contributed by atoms with Gasteiger partial charge >= 0.3 is 6.61 Å². The van der Waals surface area contributed by atoms with Gasteiger partial charge in [-0.25, -0.2) is 0 Å². The van der Waals surface area contributed by atoms with E-state index in [2.05, 4.69) is 41.9 Å². The number of halogens is 4. The van der Waals surface area contributed by atoms with Crippen molar-refractivity contribution in [2.24, 2.45) is 0 Å². The fourth-order valence-electron chi connectivity index (χ4n) is 1.64. The summed E-state index contributed by atoms with van der Waals surface area (Å²) in [6.45, 7) is -2.23. The third-order valence-electron chi connectivity index (χ3n) is 2.54. The molecule has 0 radical (unpaired) electrons. The summed E-state index contributed by atoms with van der Waals surface area (Å²) in [5.74, 6) is 0.141. The SMILES string of the molecule is FC(F)Oc1cccc(NCc2ccc(Br)c(Br)c2)c1. The number of alkyl halides is 2. The van der Waals surface area contributed by atoms with Gasteiger partial charge in [0, 0.05) is 27.2 Å². The lowest BCUT2D eigenvalue weighted by molar-refractivity contribution is -0.0498. The molecule has 0 unspecified atom stereocenters. The number of hydrogen-bond donors (Lipinski definition) is 1. The van der Waals surface area contributed by atoms with E-state index < -0.39 is 6.61 Å². The molecule has 20 heavy (non-hydrogen) atoms. The quantitative estimate of drug-likeness (QED) is 0.715. The second-order valence-corrected chi connectivity index (χ2v) is 5.72. The second-order valence-electron chi connectivity index (χ2n) is 4.01. The smallest absolute Gasteiger partial charge is 0.387 e. The lowest BCUT2D eigenvalue weighted by Gasteiger charge is -2.10. The van der Waals surface area contributed by atoms with Crippen molar-refractivity contribution in [3.63, 3.8) is 0 Å². The van der Waals surface area contributed by atoms with Crippen LogP contribution in [0.15, 0.2) is 51.4 Å². The summed E-state index contributed by atoms with van der Waals surface area (Å²) in [5, 5.41) is 3.16. The Hall–Kier alpha value is -1.14. The Kier molecular flexibility index (Phi) is 5.37. The summed E-state index contributed by atoms with van der Waals surface area (Å²) in [6, 6.07) is 12.4. The minimum Gasteiger partial charge on any atom is -0.435 e. The molecule has 1 N–H and O–H groups in total. The Morgan fingerprint density at radius 1 is 1.05 bits per heavy atom. The maximum Gasteiger partial charge on any atom is 0.387 e. The summed E-state index contributed by atoms with van der Waals surface area (Å²) in [7, 11) is 0. The highest BCUT2D eigenvalue weighted by molar-refractivity contribution is 9.13. The first-order chi connectivity index (χ1) is 9.54. The van der Waals surface area contributed by atoms with Gasteiger partial charge in [-0.05, 0) is 61.7 Å². The molecule has 6 heteroatoms. The largest absolute Gasteiger partial charge is 0.435 e. The summed E-state index contributed by atoms with van der Waals surface area (Å²) in [6.07, 6.45) is 0. The van der Waals surface area contributed by atoms with Crippen molar-refractivity contribution in [1.82, 2.24) is 0 Å².